The Balaban J connectivity index is 0.00000242. The minimum Gasteiger partial charge on any atom is -0.345 e. The van der Waals surface area contributed by atoms with Gasteiger partial charge in [-0.1, -0.05) is 12.5 Å². The number of piperidine rings is 1. The SMILES string of the molecule is Cc1ccc(NC(=O)C2CCCCN2)cc1C(=O)N(C)C.Cl. The Kier molecular flexibility index (Phi) is 6.84. The molecule has 1 atom stereocenters. The van der Waals surface area contributed by atoms with Crippen molar-refractivity contribution in [2.24, 2.45) is 0 Å². The van der Waals surface area contributed by atoms with Gasteiger partial charge in [0.1, 0.15) is 0 Å². The molecule has 0 spiro atoms. The van der Waals surface area contributed by atoms with Gasteiger partial charge in [0.25, 0.3) is 5.91 Å². The van der Waals surface area contributed by atoms with Gasteiger partial charge in [-0.2, -0.15) is 0 Å². The maximum atomic E-state index is 12.2. The highest BCUT2D eigenvalue weighted by molar-refractivity contribution is 5.99. The van der Waals surface area contributed by atoms with Crippen LogP contribution in [0, 0.1) is 6.92 Å². The normalized spacial score (nSPS) is 17.3. The lowest BCUT2D eigenvalue weighted by atomic mass is 10.0. The van der Waals surface area contributed by atoms with Crippen LogP contribution in [-0.2, 0) is 4.79 Å². The third-order valence-corrected chi connectivity index (χ3v) is 3.77. The lowest BCUT2D eigenvalue weighted by Gasteiger charge is -2.22. The summed E-state index contributed by atoms with van der Waals surface area (Å²) in [5.74, 6) is -0.0822. The fourth-order valence-electron chi connectivity index (χ4n) is 2.48. The van der Waals surface area contributed by atoms with Crippen LogP contribution in [0.25, 0.3) is 0 Å². The lowest BCUT2D eigenvalue weighted by molar-refractivity contribution is -0.118. The maximum absolute atomic E-state index is 12.2. The fraction of sp³-hybridized carbons (Fsp3) is 0.500. The average Bonchev–Trinajstić information content (AvgIpc) is 2.49. The summed E-state index contributed by atoms with van der Waals surface area (Å²) in [6.45, 7) is 2.78. The fourth-order valence-corrected chi connectivity index (χ4v) is 2.48. The first-order valence-corrected chi connectivity index (χ1v) is 7.35. The molecule has 0 aromatic heterocycles. The summed E-state index contributed by atoms with van der Waals surface area (Å²) >= 11 is 0. The Morgan fingerprint density at radius 3 is 2.59 bits per heavy atom. The van der Waals surface area contributed by atoms with E-state index in [4.69, 9.17) is 0 Å². The third-order valence-electron chi connectivity index (χ3n) is 3.77. The summed E-state index contributed by atoms with van der Waals surface area (Å²) in [7, 11) is 3.44. The molecule has 0 bridgehead atoms. The second-order valence-corrected chi connectivity index (χ2v) is 5.72. The zero-order valence-corrected chi connectivity index (χ0v) is 14.1. The molecule has 1 heterocycles. The number of aryl methyl sites for hydroxylation is 1. The van der Waals surface area contributed by atoms with Gasteiger partial charge < -0.3 is 15.5 Å². The number of nitrogens with zero attached hydrogens (tertiary/aromatic N) is 1. The van der Waals surface area contributed by atoms with Gasteiger partial charge in [0.15, 0.2) is 0 Å². The number of anilines is 1. The second-order valence-electron chi connectivity index (χ2n) is 5.72. The van der Waals surface area contributed by atoms with Gasteiger partial charge in [0.05, 0.1) is 6.04 Å². The first kappa shape index (κ1) is 18.5. The second kappa shape index (κ2) is 8.15. The van der Waals surface area contributed by atoms with Gasteiger partial charge in [0, 0.05) is 25.3 Å². The predicted molar refractivity (Wildman–Crippen MR) is 90.7 cm³/mol. The van der Waals surface area contributed by atoms with Crippen LogP contribution >= 0.6 is 12.4 Å². The number of hydrogen-bond acceptors (Lipinski definition) is 3. The standard InChI is InChI=1S/C16H23N3O2.ClH/c1-11-7-8-12(10-13(11)16(21)19(2)3)18-15(20)14-6-4-5-9-17-14;/h7-8,10,14,17H,4-6,9H2,1-3H3,(H,18,20);1H. The molecule has 6 heteroatoms. The molecular formula is C16H24ClN3O2. The molecule has 1 fully saturated rings. The van der Waals surface area contributed by atoms with E-state index < -0.39 is 0 Å². The summed E-state index contributed by atoms with van der Waals surface area (Å²) in [6.07, 6.45) is 3.06. The van der Waals surface area contributed by atoms with Gasteiger partial charge in [-0.25, -0.2) is 0 Å². The Bertz CT molecular complexity index is 540. The summed E-state index contributed by atoms with van der Waals surface area (Å²) in [5.41, 5.74) is 2.19. The number of carbonyl (C=O) groups is 2. The van der Waals surface area contributed by atoms with E-state index >= 15 is 0 Å². The zero-order chi connectivity index (χ0) is 15.4. The van der Waals surface area contributed by atoms with Gasteiger partial charge in [-0.15, -0.1) is 12.4 Å². The number of nitrogens with one attached hydrogen (secondary N) is 2. The lowest BCUT2D eigenvalue weighted by Crippen LogP contribution is -2.43. The van der Waals surface area contributed by atoms with Crippen LogP contribution in [0.5, 0.6) is 0 Å². The minimum atomic E-state index is -0.131. The van der Waals surface area contributed by atoms with Crippen LogP contribution in [0.15, 0.2) is 18.2 Å². The number of halogens is 1. The molecule has 0 aliphatic carbocycles. The molecule has 1 aliphatic rings. The monoisotopic (exact) mass is 325 g/mol. The minimum absolute atomic E-state index is 0. The van der Waals surface area contributed by atoms with Crippen molar-refractivity contribution in [2.75, 3.05) is 26.0 Å². The third kappa shape index (κ3) is 4.45. The van der Waals surface area contributed by atoms with Crippen LogP contribution in [0.1, 0.15) is 35.2 Å². The van der Waals surface area contributed by atoms with Crippen molar-refractivity contribution in [3.05, 3.63) is 29.3 Å². The predicted octanol–water partition coefficient (Wildman–Crippen LogP) is 2.20. The zero-order valence-electron chi connectivity index (χ0n) is 13.3. The van der Waals surface area contributed by atoms with Gasteiger partial charge in [-0.05, 0) is 44.0 Å². The van der Waals surface area contributed by atoms with Crippen molar-refractivity contribution in [1.29, 1.82) is 0 Å². The van der Waals surface area contributed by atoms with Crippen LogP contribution < -0.4 is 10.6 Å². The molecule has 0 saturated carbocycles. The van der Waals surface area contributed by atoms with E-state index in [0.717, 1.165) is 31.4 Å². The van der Waals surface area contributed by atoms with E-state index in [0.29, 0.717) is 11.3 Å². The molecule has 2 amide bonds. The number of benzene rings is 1. The summed E-state index contributed by atoms with van der Waals surface area (Å²) in [5, 5.41) is 6.12. The molecule has 1 aliphatic heterocycles. The van der Waals surface area contributed by atoms with Gasteiger partial charge in [-0.3, -0.25) is 9.59 Å². The average molecular weight is 326 g/mol. The van der Waals surface area contributed by atoms with Gasteiger partial charge in [0.2, 0.25) is 5.91 Å². The molecule has 2 rings (SSSR count). The van der Waals surface area contributed by atoms with Crippen LogP contribution in [-0.4, -0.2) is 43.4 Å². The highest BCUT2D eigenvalue weighted by Crippen LogP contribution is 2.18. The highest BCUT2D eigenvalue weighted by Gasteiger charge is 2.21. The summed E-state index contributed by atoms with van der Waals surface area (Å²) in [6, 6.07) is 5.31. The smallest absolute Gasteiger partial charge is 0.253 e. The molecule has 1 aromatic rings. The molecular weight excluding hydrogens is 302 g/mol. The largest absolute Gasteiger partial charge is 0.345 e. The number of hydrogen-bond donors (Lipinski definition) is 2. The van der Waals surface area contributed by atoms with Crippen LogP contribution in [0.4, 0.5) is 5.69 Å². The highest BCUT2D eigenvalue weighted by atomic mass is 35.5. The van der Waals surface area contributed by atoms with Crippen molar-refractivity contribution in [2.45, 2.75) is 32.2 Å². The van der Waals surface area contributed by atoms with Crippen LogP contribution in [0.2, 0.25) is 0 Å². The topological polar surface area (TPSA) is 61.4 Å². The molecule has 1 aromatic carbocycles. The van der Waals surface area contributed by atoms with E-state index in [9.17, 15) is 9.59 Å². The van der Waals surface area contributed by atoms with Crippen LogP contribution in [0.3, 0.4) is 0 Å². The molecule has 122 valence electrons. The first-order chi connectivity index (χ1) is 9.99. The van der Waals surface area contributed by atoms with E-state index in [1.807, 2.05) is 19.1 Å². The number of carbonyl (C=O) groups excluding carboxylic acids is 2. The van der Waals surface area contributed by atoms with Crippen molar-refractivity contribution >= 4 is 29.9 Å². The molecule has 2 N–H and O–H groups in total. The number of rotatable bonds is 3. The summed E-state index contributed by atoms with van der Waals surface area (Å²) < 4.78 is 0. The molecule has 1 unspecified atom stereocenters. The van der Waals surface area contributed by atoms with E-state index in [-0.39, 0.29) is 30.3 Å². The van der Waals surface area contributed by atoms with Crippen molar-refractivity contribution < 1.29 is 9.59 Å². The Labute approximate surface area is 137 Å². The maximum Gasteiger partial charge on any atom is 0.253 e. The molecule has 22 heavy (non-hydrogen) atoms. The van der Waals surface area contributed by atoms with Gasteiger partial charge >= 0.3 is 0 Å². The quantitative estimate of drug-likeness (QED) is 0.895. The number of amides is 2. The van der Waals surface area contributed by atoms with E-state index in [1.165, 1.54) is 4.90 Å². The van der Waals surface area contributed by atoms with Crippen molar-refractivity contribution in [3.63, 3.8) is 0 Å². The van der Waals surface area contributed by atoms with E-state index in [2.05, 4.69) is 10.6 Å². The Morgan fingerprint density at radius 2 is 2.00 bits per heavy atom. The van der Waals surface area contributed by atoms with Crippen molar-refractivity contribution in [3.8, 4) is 0 Å². The molecule has 5 nitrogen and oxygen atoms in total. The Hall–Kier alpha value is -1.59. The first-order valence-electron chi connectivity index (χ1n) is 7.35. The molecule has 1 saturated heterocycles. The molecule has 0 radical (unpaired) electrons. The Morgan fingerprint density at radius 1 is 1.27 bits per heavy atom. The summed E-state index contributed by atoms with van der Waals surface area (Å²) in [4.78, 5) is 25.8. The van der Waals surface area contributed by atoms with Crippen molar-refractivity contribution in [1.82, 2.24) is 10.2 Å². The van der Waals surface area contributed by atoms with E-state index in [1.54, 1.807) is 20.2 Å².